The van der Waals surface area contributed by atoms with Crippen molar-refractivity contribution in [2.45, 2.75) is 17.4 Å². The molecule has 14 heteroatoms. The van der Waals surface area contributed by atoms with E-state index in [1.807, 2.05) is 44.4 Å². The first-order chi connectivity index (χ1) is 18.0. The molecule has 1 atom stereocenters. The fourth-order valence-electron chi connectivity index (χ4n) is 4.46. The van der Waals surface area contributed by atoms with Gasteiger partial charge < -0.3 is 22.3 Å². The summed E-state index contributed by atoms with van der Waals surface area (Å²) in [7, 11) is 0. The summed E-state index contributed by atoms with van der Waals surface area (Å²) in [6.45, 7) is 2.37. The highest BCUT2D eigenvalue weighted by molar-refractivity contribution is 8.03. The van der Waals surface area contributed by atoms with E-state index in [0.717, 1.165) is 22.2 Å². The van der Waals surface area contributed by atoms with Crippen molar-refractivity contribution in [3.8, 4) is 5.40 Å². The number of amides is 3. The molecule has 0 saturated carbocycles. The number of carboxylic acid groups (broad SMARTS) is 1. The quantitative estimate of drug-likeness (QED) is 0.175. The lowest BCUT2D eigenvalue weighted by Gasteiger charge is -2.38. The summed E-state index contributed by atoms with van der Waals surface area (Å²) in [6, 6.07) is 7.17. The van der Waals surface area contributed by atoms with Crippen molar-refractivity contribution in [1.29, 1.82) is 5.26 Å². The Labute approximate surface area is 226 Å². The van der Waals surface area contributed by atoms with Crippen LogP contribution in [0.15, 0.2) is 29.2 Å². The van der Waals surface area contributed by atoms with Gasteiger partial charge in [-0.05, 0) is 35.9 Å². The van der Waals surface area contributed by atoms with E-state index in [0.29, 0.717) is 52.2 Å². The third-order valence-electron chi connectivity index (χ3n) is 6.19. The highest BCUT2D eigenvalue weighted by Crippen LogP contribution is 2.19. The SMILES string of the molecule is N#CSc1ccc(CC2CN(CC(=O)O)CCN(CC(N)=O)CCN(CC(N)=O)CCN2CC(N)=O)cc1. The molecule has 2 rings (SSSR count). The van der Waals surface area contributed by atoms with E-state index in [9.17, 15) is 24.3 Å². The molecule has 1 aliphatic rings. The Morgan fingerprint density at radius 1 is 0.816 bits per heavy atom. The molecule has 1 aromatic carbocycles. The molecule has 0 spiro atoms. The van der Waals surface area contributed by atoms with Crippen molar-refractivity contribution < 1.29 is 24.3 Å². The maximum absolute atomic E-state index is 12.0. The Morgan fingerprint density at radius 2 is 1.32 bits per heavy atom. The number of benzene rings is 1. The molecule has 1 saturated heterocycles. The van der Waals surface area contributed by atoms with Crippen LogP contribution >= 0.6 is 11.8 Å². The Balaban J connectivity index is 2.39. The van der Waals surface area contributed by atoms with Gasteiger partial charge in [0.25, 0.3) is 0 Å². The number of nitriles is 1. The summed E-state index contributed by atoms with van der Waals surface area (Å²) in [5.41, 5.74) is 17.4. The molecule has 3 amide bonds. The van der Waals surface area contributed by atoms with Crippen LogP contribution in [-0.2, 0) is 25.6 Å². The fraction of sp³-hybridized carbons (Fsp3) is 0.542. The predicted molar refractivity (Wildman–Crippen MR) is 142 cm³/mol. The van der Waals surface area contributed by atoms with Crippen LogP contribution in [0.2, 0.25) is 0 Å². The van der Waals surface area contributed by atoms with Crippen LogP contribution in [0.1, 0.15) is 5.56 Å². The molecule has 13 nitrogen and oxygen atoms in total. The van der Waals surface area contributed by atoms with E-state index in [2.05, 4.69) is 0 Å². The molecule has 1 fully saturated rings. The molecule has 38 heavy (non-hydrogen) atoms. The number of aliphatic carboxylic acids is 1. The Hall–Kier alpha value is -3.22. The number of carbonyl (C=O) groups excluding carboxylic acids is 3. The van der Waals surface area contributed by atoms with Crippen LogP contribution in [-0.4, -0.2) is 126 Å². The molecule has 0 aliphatic carbocycles. The van der Waals surface area contributed by atoms with Gasteiger partial charge in [-0.1, -0.05) is 12.1 Å². The number of hydrogen-bond donors (Lipinski definition) is 4. The highest BCUT2D eigenvalue weighted by Gasteiger charge is 2.27. The minimum Gasteiger partial charge on any atom is -0.480 e. The second-order valence-electron chi connectivity index (χ2n) is 9.25. The molecular formula is C24H36N8O5S. The van der Waals surface area contributed by atoms with E-state index >= 15 is 0 Å². The average molecular weight is 549 g/mol. The van der Waals surface area contributed by atoms with Gasteiger partial charge in [-0.3, -0.25) is 38.8 Å². The van der Waals surface area contributed by atoms with Crippen LogP contribution in [0.3, 0.4) is 0 Å². The number of carbonyl (C=O) groups is 4. The topological polar surface area (TPSA) is 203 Å². The number of nitrogens with two attached hydrogens (primary N) is 3. The molecule has 0 radical (unpaired) electrons. The summed E-state index contributed by atoms with van der Waals surface area (Å²) >= 11 is 1.05. The van der Waals surface area contributed by atoms with Crippen molar-refractivity contribution in [3.63, 3.8) is 0 Å². The first-order valence-corrected chi connectivity index (χ1v) is 13.0. The van der Waals surface area contributed by atoms with Crippen LogP contribution in [0.5, 0.6) is 0 Å². The average Bonchev–Trinajstić information content (AvgIpc) is 2.82. The Bertz CT molecular complexity index is 1000. The molecule has 208 valence electrons. The number of thioether (sulfide) groups is 1. The van der Waals surface area contributed by atoms with E-state index in [-0.39, 0.29) is 32.2 Å². The predicted octanol–water partition coefficient (Wildman–Crippen LogP) is -2.07. The summed E-state index contributed by atoms with van der Waals surface area (Å²) < 4.78 is 0. The van der Waals surface area contributed by atoms with Gasteiger partial charge in [-0.15, -0.1) is 0 Å². The largest absolute Gasteiger partial charge is 0.480 e. The highest BCUT2D eigenvalue weighted by atomic mass is 32.2. The van der Waals surface area contributed by atoms with Crippen molar-refractivity contribution in [2.75, 3.05) is 72.0 Å². The van der Waals surface area contributed by atoms with Crippen molar-refractivity contribution in [1.82, 2.24) is 19.6 Å². The van der Waals surface area contributed by atoms with E-state index in [1.54, 1.807) is 4.90 Å². The fourth-order valence-corrected chi connectivity index (χ4v) is 4.84. The van der Waals surface area contributed by atoms with Crippen molar-refractivity contribution >= 4 is 35.5 Å². The van der Waals surface area contributed by atoms with Crippen molar-refractivity contribution in [2.24, 2.45) is 17.2 Å². The number of rotatable bonds is 11. The number of carboxylic acids is 1. The zero-order valence-electron chi connectivity index (χ0n) is 21.3. The number of primary amides is 3. The maximum atomic E-state index is 12.0. The molecular weight excluding hydrogens is 512 g/mol. The van der Waals surface area contributed by atoms with Gasteiger partial charge in [0.2, 0.25) is 17.7 Å². The minimum absolute atomic E-state index is 0.00263. The Morgan fingerprint density at radius 3 is 1.79 bits per heavy atom. The lowest BCUT2D eigenvalue weighted by molar-refractivity contribution is -0.138. The smallest absolute Gasteiger partial charge is 0.317 e. The third kappa shape index (κ3) is 11.9. The number of thiocyanates is 1. The molecule has 1 unspecified atom stereocenters. The van der Waals surface area contributed by atoms with E-state index in [1.165, 1.54) is 0 Å². The first kappa shape index (κ1) is 31.0. The maximum Gasteiger partial charge on any atom is 0.317 e. The van der Waals surface area contributed by atoms with Gasteiger partial charge >= 0.3 is 5.97 Å². The molecule has 7 N–H and O–H groups in total. The number of nitrogens with zero attached hydrogens (tertiary/aromatic N) is 5. The van der Waals surface area contributed by atoms with Gasteiger partial charge in [0.15, 0.2) is 0 Å². The second kappa shape index (κ2) is 15.9. The lowest BCUT2D eigenvalue weighted by atomic mass is 10.0. The second-order valence-corrected chi connectivity index (χ2v) is 10.1. The monoisotopic (exact) mass is 548 g/mol. The normalized spacial score (nSPS) is 19.1. The van der Waals surface area contributed by atoms with Gasteiger partial charge in [-0.2, -0.15) is 5.26 Å². The van der Waals surface area contributed by atoms with Gasteiger partial charge in [0, 0.05) is 56.8 Å². The molecule has 0 bridgehead atoms. The molecule has 1 aliphatic heterocycles. The molecule has 1 aromatic rings. The van der Waals surface area contributed by atoms with Crippen LogP contribution < -0.4 is 17.2 Å². The summed E-state index contributed by atoms with van der Waals surface area (Å²) in [5.74, 6) is -2.53. The third-order valence-corrected chi connectivity index (χ3v) is 6.79. The standard InChI is InChI=1S/C24H36N8O5S/c25-17-38-20-3-1-18(2-4-20)11-19-12-31(16-24(36)37)8-7-29(13-21(26)33)5-6-30(14-22(27)34)9-10-32(19)15-23(28)35/h1-4,19H,5-16H2,(H2,26,33)(H2,27,34)(H2,28,35)(H,36,37). The van der Waals surface area contributed by atoms with Crippen LogP contribution in [0.4, 0.5) is 0 Å². The van der Waals surface area contributed by atoms with Gasteiger partial charge in [0.05, 0.1) is 26.2 Å². The minimum atomic E-state index is -0.996. The van der Waals surface area contributed by atoms with E-state index in [4.69, 9.17) is 22.5 Å². The van der Waals surface area contributed by atoms with Crippen LogP contribution in [0, 0.1) is 10.7 Å². The first-order valence-electron chi connectivity index (χ1n) is 12.2. The van der Waals surface area contributed by atoms with Crippen molar-refractivity contribution in [3.05, 3.63) is 29.8 Å². The van der Waals surface area contributed by atoms with Gasteiger partial charge in [-0.25, -0.2) is 0 Å². The lowest BCUT2D eigenvalue weighted by Crippen LogP contribution is -2.54. The summed E-state index contributed by atoms with van der Waals surface area (Å²) in [6.07, 6.45) is 0.488. The zero-order chi connectivity index (χ0) is 28.1. The summed E-state index contributed by atoms with van der Waals surface area (Å²) in [4.78, 5) is 55.2. The van der Waals surface area contributed by atoms with Crippen LogP contribution in [0.25, 0.3) is 0 Å². The molecule has 0 aromatic heterocycles. The Kier molecular flexibility index (Phi) is 13.0. The summed E-state index contributed by atoms with van der Waals surface area (Å²) in [5, 5.41) is 20.5. The van der Waals surface area contributed by atoms with Gasteiger partial charge in [0.1, 0.15) is 5.40 Å². The molecule has 1 heterocycles. The zero-order valence-corrected chi connectivity index (χ0v) is 22.1. The number of hydrogen-bond acceptors (Lipinski definition) is 10. The van der Waals surface area contributed by atoms with E-state index < -0.39 is 23.7 Å².